The minimum atomic E-state index is -0.603. The van der Waals surface area contributed by atoms with E-state index in [2.05, 4.69) is 10.4 Å². The summed E-state index contributed by atoms with van der Waals surface area (Å²) in [4.78, 5) is 10.3. The number of rotatable bonds is 4. The fraction of sp³-hybridized carbons (Fsp3) is 0.250. The molecular weight excluding hydrogens is 251 g/mol. The third-order valence-electron chi connectivity index (χ3n) is 2.71. The van der Waals surface area contributed by atoms with Crippen molar-refractivity contribution in [2.75, 3.05) is 5.32 Å². The number of halogens is 1. The molecule has 19 heavy (non-hydrogen) atoms. The van der Waals surface area contributed by atoms with Crippen molar-refractivity contribution in [3.63, 3.8) is 0 Å². The van der Waals surface area contributed by atoms with Crippen molar-refractivity contribution in [3.8, 4) is 0 Å². The molecular formula is C12H13FN4O2. The zero-order valence-corrected chi connectivity index (χ0v) is 10.6. The van der Waals surface area contributed by atoms with E-state index < -0.39 is 10.7 Å². The average Bonchev–Trinajstić information content (AvgIpc) is 2.76. The molecule has 0 atom stereocenters. The van der Waals surface area contributed by atoms with Gasteiger partial charge in [-0.2, -0.15) is 5.10 Å². The van der Waals surface area contributed by atoms with Crippen molar-refractivity contribution in [1.82, 2.24) is 9.78 Å². The van der Waals surface area contributed by atoms with Gasteiger partial charge in [-0.25, -0.2) is 4.39 Å². The Labute approximate surface area is 109 Å². The van der Waals surface area contributed by atoms with Gasteiger partial charge in [0.1, 0.15) is 11.5 Å². The second kappa shape index (κ2) is 5.05. The Kier molecular flexibility index (Phi) is 3.46. The number of benzene rings is 1. The van der Waals surface area contributed by atoms with Gasteiger partial charge in [0.15, 0.2) is 0 Å². The second-order valence-corrected chi connectivity index (χ2v) is 4.25. The summed E-state index contributed by atoms with van der Waals surface area (Å²) in [6, 6.07) is 2.37. The first-order valence-corrected chi connectivity index (χ1v) is 5.63. The minimum absolute atomic E-state index is 0.271. The number of nitro groups is 1. The summed E-state index contributed by atoms with van der Waals surface area (Å²) in [5, 5.41) is 17.8. The molecule has 1 aromatic carbocycles. The molecule has 100 valence electrons. The highest BCUT2D eigenvalue weighted by Crippen LogP contribution is 2.27. The Morgan fingerprint density at radius 2 is 2.26 bits per heavy atom. The average molecular weight is 264 g/mol. The molecule has 0 fully saturated rings. The summed E-state index contributed by atoms with van der Waals surface area (Å²) >= 11 is 0. The molecule has 0 aliphatic carbocycles. The standard InChI is InChI=1S/C12H13FN4O2/c1-8-3-11(12(17(18)19)4-10(8)13)14-5-9-6-15-16(2)7-9/h3-4,6-7,14H,5H2,1-2H3. The van der Waals surface area contributed by atoms with Gasteiger partial charge in [0, 0.05) is 25.4 Å². The maximum Gasteiger partial charge on any atom is 0.295 e. The predicted octanol–water partition coefficient (Wildman–Crippen LogP) is 2.39. The van der Waals surface area contributed by atoms with E-state index in [9.17, 15) is 14.5 Å². The van der Waals surface area contributed by atoms with E-state index in [1.54, 1.807) is 31.0 Å². The normalized spacial score (nSPS) is 10.5. The Morgan fingerprint density at radius 3 is 2.84 bits per heavy atom. The third kappa shape index (κ3) is 2.87. The molecule has 0 aliphatic rings. The lowest BCUT2D eigenvalue weighted by atomic mass is 10.1. The van der Waals surface area contributed by atoms with E-state index in [0.717, 1.165) is 11.6 Å². The zero-order valence-electron chi connectivity index (χ0n) is 10.6. The second-order valence-electron chi connectivity index (χ2n) is 4.25. The van der Waals surface area contributed by atoms with Gasteiger partial charge in [0.05, 0.1) is 17.2 Å². The quantitative estimate of drug-likeness (QED) is 0.679. The van der Waals surface area contributed by atoms with Crippen LogP contribution in [0.15, 0.2) is 24.5 Å². The SMILES string of the molecule is Cc1cc(NCc2cnn(C)c2)c([N+](=O)[O-])cc1F. The van der Waals surface area contributed by atoms with E-state index >= 15 is 0 Å². The van der Waals surface area contributed by atoms with Crippen molar-refractivity contribution in [1.29, 1.82) is 0 Å². The van der Waals surface area contributed by atoms with Crippen LogP contribution in [0.4, 0.5) is 15.8 Å². The topological polar surface area (TPSA) is 73.0 Å². The molecule has 7 heteroatoms. The van der Waals surface area contributed by atoms with Crippen molar-refractivity contribution in [2.45, 2.75) is 13.5 Å². The van der Waals surface area contributed by atoms with Crippen molar-refractivity contribution in [3.05, 3.63) is 51.6 Å². The molecule has 2 aromatic rings. The van der Waals surface area contributed by atoms with Crippen LogP contribution < -0.4 is 5.32 Å². The van der Waals surface area contributed by atoms with E-state index in [1.807, 2.05) is 0 Å². The van der Waals surface area contributed by atoms with Gasteiger partial charge in [-0.1, -0.05) is 0 Å². The lowest BCUT2D eigenvalue weighted by Gasteiger charge is -2.07. The summed E-state index contributed by atoms with van der Waals surface area (Å²) in [6.45, 7) is 1.95. The number of anilines is 1. The fourth-order valence-corrected chi connectivity index (χ4v) is 1.72. The summed E-state index contributed by atoms with van der Waals surface area (Å²) < 4.78 is 15.0. The Morgan fingerprint density at radius 1 is 1.53 bits per heavy atom. The van der Waals surface area contributed by atoms with Crippen LogP contribution in [0.25, 0.3) is 0 Å². The van der Waals surface area contributed by atoms with Gasteiger partial charge < -0.3 is 5.32 Å². The number of hydrogen-bond acceptors (Lipinski definition) is 4. The number of aryl methyl sites for hydroxylation is 2. The third-order valence-corrected chi connectivity index (χ3v) is 2.71. The zero-order chi connectivity index (χ0) is 14.0. The lowest BCUT2D eigenvalue weighted by Crippen LogP contribution is -2.03. The molecule has 0 radical (unpaired) electrons. The molecule has 6 nitrogen and oxygen atoms in total. The number of hydrogen-bond donors (Lipinski definition) is 1. The number of nitrogens with zero attached hydrogens (tertiary/aromatic N) is 3. The molecule has 0 spiro atoms. The monoisotopic (exact) mass is 264 g/mol. The van der Waals surface area contributed by atoms with Crippen LogP contribution in [0.3, 0.4) is 0 Å². The van der Waals surface area contributed by atoms with Gasteiger partial charge in [-0.3, -0.25) is 14.8 Å². The molecule has 1 heterocycles. The summed E-state index contributed by atoms with van der Waals surface area (Å²) in [5.74, 6) is -0.585. The van der Waals surface area contributed by atoms with E-state index in [4.69, 9.17) is 0 Å². The van der Waals surface area contributed by atoms with Crippen LogP contribution in [-0.4, -0.2) is 14.7 Å². The summed E-state index contributed by atoms with van der Waals surface area (Å²) in [6.07, 6.45) is 3.46. The molecule has 0 amide bonds. The number of nitro benzene ring substituents is 1. The molecule has 0 unspecified atom stereocenters. The van der Waals surface area contributed by atoms with Crippen LogP contribution in [-0.2, 0) is 13.6 Å². The first-order chi connectivity index (χ1) is 8.97. The minimum Gasteiger partial charge on any atom is -0.375 e. The van der Waals surface area contributed by atoms with Crippen LogP contribution in [0, 0.1) is 22.9 Å². The Hall–Kier alpha value is -2.44. The summed E-state index contributed by atoms with van der Waals surface area (Å²) in [7, 11) is 1.79. The van der Waals surface area contributed by atoms with E-state index in [-0.39, 0.29) is 5.69 Å². The highest BCUT2D eigenvalue weighted by molar-refractivity contribution is 5.63. The van der Waals surface area contributed by atoms with Crippen molar-refractivity contribution in [2.24, 2.45) is 7.05 Å². The number of nitrogens with one attached hydrogen (secondary N) is 1. The molecule has 1 N–H and O–H groups in total. The predicted molar refractivity (Wildman–Crippen MR) is 68.3 cm³/mol. The van der Waals surface area contributed by atoms with Crippen LogP contribution >= 0.6 is 0 Å². The number of aromatic nitrogens is 2. The fourth-order valence-electron chi connectivity index (χ4n) is 1.72. The van der Waals surface area contributed by atoms with Crippen LogP contribution in [0.2, 0.25) is 0 Å². The van der Waals surface area contributed by atoms with Gasteiger partial charge in [-0.15, -0.1) is 0 Å². The maximum atomic E-state index is 13.3. The first kappa shape index (κ1) is 13.0. The van der Waals surface area contributed by atoms with Crippen LogP contribution in [0.1, 0.15) is 11.1 Å². The Bertz CT molecular complexity index is 624. The lowest BCUT2D eigenvalue weighted by molar-refractivity contribution is -0.384. The first-order valence-electron chi connectivity index (χ1n) is 5.63. The van der Waals surface area contributed by atoms with Gasteiger partial charge in [-0.05, 0) is 18.6 Å². The highest BCUT2D eigenvalue weighted by Gasteiger charge is 2.16. The van der Waals surface area contributed by atoms with Crippen molar-refractivity contribution >= 4 is 11.4 Å². The van der Waals surface area contributed by atoms with Crippen molar-refractivity contribution < 1.29 is 9.31 Å². The van der Waals surface area contributed by atoms with Gasteiger partial charge >= 0.3 is 0 Å². The van der Waals surface area contributed by atoms with Crippen LogP contribution in [0.5, 0.6) is 0 Å². The molecule has 0 saturated carbocycles. The molecule has 0 saturated heterocycles. The molecule has 0 aliphatic heterocycles. The molecule has 1 aromatic heterocycles. The largest absolute Gasteiger partial charge is 0.375 e. The highest BCUT2D eigenvalue weighted by atomic mass is 19.1. The Balaban J connectivity index is 2.23. The molecule has 2 rings (SSSR count). The maximum absolute atomic E-state index is 13.3. The van der Waals surface area contributed by atoms with E-state index in [1.165, 1.54) is 6.07 Å². The van der Waals surface area contributed by atoms with Gasteiger partial charge in [0.2, 0.25) is 0 Å². The summed E-state index contributed by atoms with van der Waals surface area (Å²) in [5.41, 5.74) is 1.28. The molecule has 0 bridgehead atoms. The smallest absolute Gasteiger partial charge is 0.295 e. The van der Waals surface area contributed by atoms with E-state index in [0.29, 0.717) is 17.8 Å². The van der Waals surface area contributed by atoms with Gasteiger partial charge in [0.25, 0.3) is 5.69 Å².